The number of hydrogen-bond acceptors (Lipinski definition) is 3. The molecule has 106 valence electrons. The monoisotopic (exact) mass is 273 g/mol. The Bertz CT molecular complexity index is 530. The first kappa shape index (κ1) is 14.6. The summed E-state index contributed by atoms with van der Waals surface area (Å²) in [6.45, 7) is -0.218. The molecule has 4 heteroatoms. The SMILES string of the molecule is COC1CCCC1NC(=O)c1ccccc1C#CCO. The Morgan fingerprint density at radius 3 is 3.00 bits per heavy atom. The minimum absolute atomic E-state index is 0.0614. The average molecular weight is 273 g/mol. The second kappa shape index (κ2) is 7.09. The van der Waals surface area contributed by atoms with E-state index in [1.54, 1.807) is 19.2 Å². The molecule has 2 unspecified atom stereocenters. The molecular weight excluding hydrogens is 254 g/mol. The Morgan fingerprint density at radius 1 is 1.45 bits per heavy atom. The van der Waals surface area contributed by atoms with Gasteiger partial charge in [0.05, 0.1) is 17.7 Å². The number of methoxy groups -OCH3 is 1. The van der Waals surface area contributed by atoms with Gasteiger partial charge in [-0.2, -0.15) is 0 Å². The molecule has 20 heavy (non-hydrogen) atoms. The van der Waals surface area contributed by atoms with Crippen molar-refractivity contribution in [1.82, 2.24) is 5.32 Å². The van der Waals surface area contributed by atoms with Gasteiger partial charge in [-0.15, -0.1) is 0 Å². The number of aliphatic hydroxyl groups is 1. The van der Waals surface area contributed by atoms with E-state index in [2.05, 4.69) is 17.2 Å². The van der Waals surface area contributed by atoms with Gasteiger partial charge < -0.3 is 15.2 Å². The Kier molecular flexibility index (Phi) is 5.16. The Balaban J connectivity index is 2.13. The topological polar surface area (TPSA) is 58.6 Å². The number of ether oxygens (including phenoxy) is 1. The van der Waals surface area contributed by atoms with Gasteiger partial charge in [-0.3, -0.25) is 4.79 Å². The third kappa shape index (κ3) is 3.38. The molecule has 0 saturated heterocycles. The predicted octanol–water partition coefficient (Wildman–Crippen LogP) is 1.33. The Hall–Kier alpha value is -1.83. The fourth-order valence-corrected chi connectivity index (χ4v) is 2.54. The zero-order valence-corrected chi connectivity index (χ0v) is 11.6. The zero-order valence-electron chi connectivity index (χ0n) is 11.6. The van der Waals surface area contributed by atoms with Gasteiger partial charge in [-0.1, -0.05) is 24.0 Å². The molecule has 0 radical (unpaired) electrons. The van der Waals surface area contributed by atoms with Crippen LogP contribution in [0.25, 0.3) is 0 Å². The largest absolute Gasteiger partial charge is 0.384 e. The number of amides is 1. The highest BCUT2D eigenvalue weighted by Gasteiger charge is 2.28. The summed E-state index contributed by atoms with van der Waals surface area (Å²) >= 11 is 0. The van der Waals surface area contributed by atoms with Crippen LogP contribution in [0.2, 0.25) is 0 Å². The maximum Gasteiger partial charge on any atom is 0.252 e. The number of nitrogens with one attached hydrogen (secondary N) is 1. The maximum atomic E-state index is 12.3. The average Bonchev–Trinajstić information content (AvgIpc) is 2.92. The summed E-state index contributed by atoms with van der Waals surface area (Å²) in [5, 5.41) is 11.8. The highest BCUT2D eigenvalue weighted by molar-refractivity contribution is 5.97. The lowest BCUT2D eigenvalue weighted by Crippen LogP contribution is -2.40. The molecule has 2 atom stereocenters. The number of carbonyl (C=O) groups is 1. The van der Waals surface area contributed by atoms with Crippen LogP contribution in [-0.2, 0) is 4.74 Å². The number of rotatable bonds is 3. The third-order valence-corrected chi connectivity index (χ3v) is 3.55. The summed E-state index contributed by atoms with van der Waals surface area (Å²) < 4.78 is 5.38. The van der Waals surface area contributed by atoms with Gasteiger partial charge in [-0.25, -0.2) is 0 Å². The van der Waals surface area contributed by atoms with Gasteiger partial charge in [0.2, 0.25) is 0 Å². The minimum Gasteiger partial charge on any atom is -0.384 e. The number of carbonyl (C=O) groups excluding carboxylic acids is 1. The lowest BCUT2D eigenvalue weighted by molar-refractivity contribution is 0.0722. The van der Waals surface area contributed by atoms with Crippen molar-refractivity contribution < 1.29 is 14.6 Å². The van der Waals surface area contributed by atoms with Crippen LogP contribution in [0.3, 0.4) is 0 Å². The van der Waals surface area contributed by atoms with Crippen LogP contribution in [-0.4, -0.2) is 36.9 Å². The van der Waals surface area contributed by atoms with Crippen molar-refractivity contribution in [3.63, 3.8) is 0 Å². The maximum absolute atomic E-state index is 12.3. The first-order valence-corrected chi connectivity index (χ1v) is 6.78. The minimum atomic E-state index is -0.218. The summed E-state index contributed by atoms with van der Waals surface area (Å²) in [4.78, 5) is 12.3. The van der Waals surface area contributed by atoms with Crippen molar-refractivity contribution in [2.24, 2.45) is 0 Å². The summed E-state index contributed by atoms with van der Waals surface area (Å²) in [6, 6.07) is 7.21. The van der Waals surface area contributed by atoms with E-state index in [0.29, 0.717) is 11.1 Å². The van der Waals surface area contributed by atoms with Gasteiger partial charge in [0.1, 0.15) is 6.61 Å². The molecule has 1 amide bonds. The smallest absolute Gasteiger partial charge is 0.252 e. The molecule has 1 aromatic rings. The third-order valence-electron chi connectivity index (χ3n) is 3.55. The molecule has 1 aromatic carbocycles. The van der Waals surface area contributed by atoms with E-state index in [9.17, 15) is 4.79 Å². The molecular formula is C16H19NO3. The molecule has 1 aliphatic rings. The molecule has 0 spiro atoms. The van der Waals surface area contributed by atoms with E-state index in [1.165, 1.54) is 0 Å². The predicted molar refractivity (Wildman–Crippen MR) is 76.3 cm³/mol. The summed E-state index contributed by atoms with van der Waals surface area (Å²) in [5.41, 5.74) is 1.17. The van der Waals surface area contributed by atoms with Crippen molar-refractivity contribution >= 4 is 5.91 Å². The van der Waals surface area contributed by atoms with E-state index in [-0.39, 0.29) is 24.7 Å². The van der Waals surface area contributed by atoms with Crippen molar-refractivity contribution in [3.05, 3.63) is 35.4 Å². The van der Waals surface area contributed by atoms with E-state index in [4.69, 9.17) is 9.84 Å². The lowest BCUT2D eigenvalue weighted by Gasteiger charge is -2.20. The number of benzene rings is 1. The van der Waals surface area contributed by atoms with Crippen LogP contribution >= 0.6 is 0 Å². The molecule has 0 aromatic heterocycles. The van der Waals surface area contributed by atoms with Crippen molar-refractivity contribution in [2.45, 2.75) is 31.4 Å². The fourth-order valence-electron chi connectivity index (χ4n) is 2.54. The molecule has 4 nitrogen and oxygen atoms in total. The molecule has 1 saturated carbocycles. The second-order valence-corrected chi connectivity index (χ2v) is 4.79. The quantitative estimate of drug-likeness (QED) is 0.817. The molecule has 1 aliphatic carbocycles. The van der Waals surface area contributed by atoms with Crippen LogP contribution in [0.4, 0.5) is 0 Å². The molecule has 2 rings (SSSR count). The van der Waals surface area contributed by atoms with E-state index in [1.807, 2.05) is 12.1 Å². The molecule has 2 N–H and O–H groups in total. The van der Waals surface area contributed by atoms with E-state index < -0.39 is 0 Å². The first-order valence-electron chi connectivity index (χ1n) is 6.78. The van der Waals surface area contributed by atoms with Crippen LogP contribution in [0.15, 0.2) is 24.3 Å². The zero-order chi connectivity index (χ0) is 14.4. The number of hydrogen-bond donors (Lipinski definition) is 2. The van der Waals surface area contributed by atoms with Crippen molar-refractivity contribution in [2.75, 3.05) is 13.7 Å². The number of aliphatic hydroxyl groups excluding tert-OH is 1. The Labute approximate surface area is 119 Å². The highest BCUT2D eigenvalue weighted by atomic mass is 16.5. The lowest BCUT2D eigenvalue weighted by atomic mass is 10.1. The standard InChI is InChI=1S/C16H19NO3/c1-20-15-10-4-9-14(15)17-16(19)13-8-3-2-6-12(13)7-5-11-18/h2-3,6,8,14-15,18H,4,9-11H2,1H3,(H,17,19). The van der Waals surface area contributed by atoms with Crippen LogP contribution in [0.1, 0.15) is 35.2 Å². The first-order chi connectivity index (χ1) is 9.76. The van der Waals surface area contributed by atoms with Crippen LogP contribution in [0.5, 0.6) is 0 Å². The summed E-state index contributed by atoms with van der Waals surface area (Å²) in [6.07, 6.45) is 3.08. The van der Waals surface area contributed by atoms with Gasteiger partial charge in [0.15, 0.2) is 0 Å². The Morgan fingerprint density at radius 2 is 2.25 bits per heavy atom. The second-order valence-electron chi connectivity index (χ2n) is 4.79. The fraction of sp³-hybridized carbons (Fsp3) is 0.438. The molecule has 1 fully saturated rings. The van der Waals surface area contributed by atoms with Gasteiger partial charge in [0.25, 0.3) is 5.91 Å². The van der Waals surface area contributed by atoms with Gasteiger partial charge >= 0.3 is 0 Å². The summed E-state index contributed by atoms with van der Waals surface area (Å²) in [7, 11) is 1.68. The summed E-state index contributed by atoms with van der Waals surface area (Å²) in [5.74, 6) is 5.24. The van der Waals surface area contributed by atoms with Crippen LogP contribution < -0.4 is 5.32 Å². The van der Waals surface area contributed by atoms with E-state index in [0.717, 1.165) is 19.3 Å². The van der Waals surface area contributed by atoms with Crippen molar-refractivity contribution in [3.8, 4) is 11.8 Å². The van der Waals surface area contributed by atoms with Crippen molar-refractivity contribution in [1.29, 1.82) is 0 Å². The molecule has 0 aliphatic heterocycles. The van der Waals surface area contributed by atoms with Gasteiger partial charge in [0, 0.05) is 12.7 Å². The van der Waals surface area contributed by atoms with Gasteiger partial charge in [-0.05, 0) is 31.4 Å². The van der Waals surface area contributed by atoms with E-state index >= 15 is 0 Å². The molecule has 0 heterocycles. The normalized spacial score (nSPS) is 21.1. The molecule has 0 bridgehead atoms. The van der Waals surface area contributed by atoms with Crippen LogP contribution in [0, 0.1) is 11.8 Å². The highest BCUT2D eigenvalue weighted by Crippen LogP contribution is 2.22.